The Morgan fingerprint density at radius 1 is 1.11 bits per heavy atom. The number of para-hydroxylation sites is 1. The van der Waals surface area contributed by atoms with E-state index in [9.17, 15) is 4.79 Å². The Bertz CT molecular complexity index is 810. The van der Waals surface area contributed by atoms with Gasteiger partial charge in [0, 0.05) is 0 Å². The molecular formula is C22H27NO4. The maximum atomic E-state index is 12.4. The van der Waals surface area contributed by atoms with Gasteiger partial charge < -0.3 is 19.5 Å². The summed E-state index contributed by atoms with van der Waals surface area (Å²) in [7, 11) is 0. The number of nitrogens with one attached hydrogen (secondary N) is 1. The van der Waals surface area contributed by atoms with Crippen LogP contribution >= 0.6 is 0 Å². The first-order valence-corrected chi connectivity index (χ1v) is 9.26. The van der Waals surface area contributed by atoms with Crippen LogP contribution in [0, 0.1) is 0 Å². The Balaban J connectivity index is 1.60. The van der Waals surface area contributed by atoms with Crippen molar-refractivity contribution in [3.05, 3.63) is 53.6 Å². The zero-order valence-corrected chi connectivity index (χ0v) is 16.4. The lowest BCUT2D eigenvalue weighted by atomic mass is 9.86. The second-order valence-corrected chi connectivity index (χ2v) is 7.73. The summed E-state index contributed by atoms with van der Waals surface area (Å²) >= 11 is 0. The molecule has 0 aromatic heterocycles. The second-order valence-electron chi connectivity index (χ2n) is 7.73. The lowest BCUT2D eigenvalue weighted by Crippen LogP contribution is -2.31. The molecule has 2 aromatic rings. The number of hydrogen-bond donors (Lipinski definition) is 1. The number of ether oxygens (including phenoxy) is 3. The summed E-state index contributed by atoms with van der Waals surface area (Å²) in [6.07, 6.45) is 0. The molecule has 0 saturated carbocycles. The fourth-order valence-corrected chi connectivity index (χ4v) is 3.05. The fourth-order valence-electron chi connectivity index (χ4n) is 3.05. The highest BCUT2D eigenvalue weighted by Crippen LogP contribution is 2.33. The highest BCUT2D eigenvalue weighted by molar-refractivity contribution is 5.78. The molecule has 0 bridgehead atoms. The molecule has 1 heterocycles. The SMILES string of the molecule is C[C@H](NC(=O)COc1ccccc1C(C)(C)C)c1ccc2c(c1)OCCO2. The van der Waals surface area contributed by atoms with Crippen molar-refractivity contribution < 1.29 is 19.0 Å². The van der Waals surface area contributed by atoms with Crippen LogP contribution in [0.1, 0.15) is 44.9 Å². The molecule has 0 spiro atoms. The summed E-state index contributed by atoms with van der Waals surface area (Å²) in [5.74, 6) is 2.04. The van der Waals surface area contributed by atoms with Gasteiger partial charge in [0.1, 0.15) is 19.0 Å². The van der Waals surface area contributed by atoms with Crippen LogP contribution in [0.3, 0.4) is 0 Å². The van der Waals surface area contributed by atoms with Crippen LogP contribution in [0.25, 0.3) is 0 Å². The van der Waals surface area contributed by atoms with Crippen LogP contribution in [-0.4, -0.2) is 25.7 Å². The molecule has 0 aliphatic carbocycles. The first-order valence-electron chi connectivity index (χ1n) is 9.26. The van der Waals surface area contributed by atoms with Gasteiger partial charge in [-0.05, 0) is 41.7 Å². The van der Waals surface area contributed by atoms with Crippen molar-refractivity contribution >= 4 is 5.91 Å². The van der Waals surface area contributed by atoms with Crippen molar-refractivity contribution in [1.82, 2.24) is 5.32 Å². The lowest BCUT2D eigenvalue weighted by Gasteiger charge is -2.23. The molecule has 27 heavy (non-hydrogen) atoms. The molecule has 3 rings (SSSR count). The van der Waals surface area contributed by atoms with E-state index >= 15 is 0 Å². The Kier molecular flexibility index (Phi) is 5.59. The average molecular weight is 369 g/mol. The Morgan fingerprint density at radius 2 is 1.81 bits per heavy atom. The summed E-state index contributed by atoms with van der Waals surface area (Å²) in [6.45, 7) is 9.39. The van der Waals surface area contributed by atoms with E-state index < -0.39 is 0 Å². The van der Waals surface area contributed by atoms with Crippen LogP contribution in [0.15, 0.2) is 42.5 Å². The first kappa shape index (κ1) is 19.1. The minimum absolute atomic E-state index is 0.0258. The number of benzene rings is 2. The number of carbonyl (C=O) groups is 1. The minimum atomic E-state index is -0.166. The van der Waals surface area contributed by atoms with E-state index in [2.05, 4.69) is 26.1 Å². The lowest BCUT2D eigenvalue weighted by molar-refractivity contribution is -0.123. The molecule has 2 aromatic carbocycles. The van der Waals surface area contributed by atoms with Crippen molar-refractivity contribution in [2.75, 3.05) is 19.8 Å². The summed E-state index contributed by atoms with van der Waals surface area (Å²) in [5, 5.41) is 2.97. The molecule has 1 N–H and O–H groups in total. The quantitative estimate of drug-likeness (QED) is 0.865. The van der Waals surface area contributed by atoms with Crippen LogP contribution < -0.4 is 19.5 Å². The zero-order chi connectivity index (χ0) is 19.4. The molecule has 0 radical (unpaired) electrons. The smallest absolute Gasteiger partial charge is 0.258 e. The van der Waals surface area contributed by atoms with E-state index in [1.807, 2.05) is 49.4 Å². The molecule has 144 valence electrons. The van der Waals surface area contributed by atoms with Gasteiger partial charge in [-0.15, -0.1) is 0 Å². The van der Waals surface area contributed by atoms with Gasteiger partial charge in [0.05, 0.1) is 6.04 Å². The molecular weight excluding hydrogens is 342 g/mol. The zero-order valence-electron chi connectivity index (χ0n) is 16.4. The number of carbonyl (C=O) groups excluding carboxylic acids is 1. The number of fused-ring (bicyclic) bond motifs is 1. The Morgan fingerprint density at radius 3 is 2.56 bits per heavy atom. The van der Waals surface area contributed by atoms with Crippen LogP contribution in [0.2, 0.25) is 0 Å². The van der Waals surface area contributed by atoms with Gasteiger partial charge in [-0.2, -0.15) is 0 Å². The van der Waals surface area contributed by atoms with Gasteiger partial charge in [0.25, 0.3) is 5.91 Å². The third kappa shape index (κ3) is 4.73. The largest absolute Gasteiger partial charge is 0.486 e. The molecule has 1 atom stereocenters. The van der Waals surface area contributed by atoms with Crippen LogP contribution in [-0.2, 0) is 10.2 Å². The highest BCUT2D eigenvalue weighted by atomic mass is 16.6. The maximum Gasteiger partial charge on any atom is 0.258 e. The fraction of sp³-hybridized carbons (Fsp3) is 0.409. The minimum Gasteiger partial charge on any atom is -0.486 e. The average Bonchev–Trinajstić information content (AvgIpc) is 2.65. The Labute approximate surface area is 160 Å². The first-order chi connectivity index (χ1) is 12.8. The van der Waals surface area contributed by atoms with Gasteiger partial charge in [0.15, 0.2) is 18.1 Å². The van der Waals surface area contributed by atoms with Gasteiger partial charge in [0.2, 0.25) is 0 Å². The summed E-state index contributed by atoms with van der Waals surface area (Å²) in [5.41, 5.74) is 1.99. The van der Waals surface area contributed by atoms with Crippen molar-refractivity contribution in [3.8, 4) is 17.2 Å². The normalized spacial score (nSPS) is 14.4. The second kappa shape index (κ2) is 7.91. The third-order valence-electron chi connectivity index (χ3n) is 4.50. The predicted molar refractivity (Wildman–Crippen MR) is 105 cm³/mol. The van der Waals surface area contributed by atoms with Gasteiger partial charge in [-0.25, -0.2) is 0 Å². The third-order valence-corrected chi connectivity index (χ3v) is 4.50. The van der Waals surface area contributed by atoms with E-state index in [0.717, 1.165) is 28.4 Å². The molecule has 5 heteroatoms. The molecule has 5 nitrogen and oxygen atoms in total. The van der Waals surface area contributed by atoms with E-state index in [-0.39, 0.29) is 24.0 Å². The van der Waals surface area contributed by atoms with E-state index in [1.54, 1.807) is 0 Å². The highest BCUT2D eigenvalue weighted by Gasteiger charge is 2.20. The number of hydrogen-bond acceptors (Lipinski definition) is 4. The summed E-state index contributed by atoms with van der Waals surface area (Å²) in [6, 6.07) is 13.4. The summed E-state index contributed by atoms with van der Waals surface area (Å²) < 4.78 is 16.9. The number of amides is 1. The van der Waals surface area contributed by atoms with Crippen molar-refractivity contribution in [2.45, 2.75) is 39.2 Å². The van der Waals surface area contributed by atoms with E-state index in [1.165, 1.54) is 0 Å². The molecule has 0 unspecified atom stereocenters. The van der Waals surface area contributed by atoms with Crippen molar-refractivity contribution in [1.29, 1.82) is 0 Å². The topological polar surface area (TPSA) is 56.8 Å². The molecule has 0 fully saturated rings. The maximum absolute atomic E-state index is 12.4. The molecule has 1 aliphatic heterocycles. The number of rotatable bonds is 5. The standard InChI is InChI=1S/C22H27NO4/c1-15(16-9-10-19-20(13-16)26-12-11-25-19)23-21(24)14-27-18-8-6-5-7-17(18)22(2,3)4/h5-10,13,15H,11-12,14H2,1-4H3,(H,23,24)/t15-/m0/s1. The molecule has 1 amide bonds. The van der Waals surface area contributed by atoms with Crippen molar-refractivity contribution in [2.24, 2.45) is 0 Å². The van der Waals surface area contributed by atoms with Crippen molar-refractivity contribution in [3.63, 3.8) is 0 Å². The molecule has 0 saturated heterocycles. The van der Waals surface area contributed by atoms with Gasteiger partial charge in [-0.1, -0.05) is 45.0 Å². The van der Waals surface area contributed by atoms with E-state index in [4.69, 9.17) is 14.2 Å². The predicted octanol–water partition coefficient (Wildman–Crippen LogP) is 4.01. The molecule has 1 aliphatic rings. The van der Waals surface area contributed by atoms with Crippen LogP contribution in [0.4, 0.5) is 0 Å². The van der Waals surface area contributed by atoms with Crippen LogP contribution in [0.5, 0.6) is 17.2 Å². The van der Waals surface area contributed by atoms with E-state index in [0.29, 0.717) is 13.2 Å². The Hall–Kier alpha value is -2.69. The summed E-state index contributed by atoms with van der Waals surface area (Å²) in [4.78, 5) is 12.4. The van der Waals surface area contributed by atoms with Gasteiger partial charge in [-0.3, -0.25) is 4.79 Å². The van der Waals surface area contributed by atoms with Gasteiger partial charge >= 0.3 is 0 Å². The monoisotopic (exact) mass is 369 g/mol.